The first-order chi connectivity index (χ1) is 16.7. The maximum Gasteiger partial charge on any atom is 0.296 e. The van der Waals surface area contributed by atoms with Crippen molar-refractivity contribution in [1.82, 2.24) is 9.80 Å². The Hall–Kier alpha value is -3.65. The summed E-state index contributed by atoms with van der Waals surface area (Å²) in [5, 5.41) is 11.6. The minimum absolute atomic E-state index is 0.0130. The summed E-state index contributed by atoms with van der Waals surface area (Å²) in [5.41, 5.74) is 0.561. The van der Waals surface area contributed by atoms with Crippen molar-refractivity contribution < 1.29 is 24.2 Å². The molecule has 1 spiro atoms. The first-order valence-corrected chi connectivity index (χ1v) is 11.9. The molecule has 2 aromatic rings. The van der Waals surface area contributed by atoms with Crippen molar-refractivity contribution in [3.63, 3.8) is 0 Å². The van der Waals surface area contributed by atoms with Crippen molar-refractivity contribution in [2.75, 3.05) is 38.6 Å². The lowest BCUT2D eigenvalue weighted by Gasteiger charge is -2.35. The standard InChI is InChI=1S/C27H29N3O5/c1-5-29-20-9-7-6-8-19(20)27(26(29)34)22(24(32)25(33)30(27)13-12-28(3)4)23(31)17-10-11-21-18(15-17)14-16(2)35-21/h6-11,15-16,31H,5,12-14H2,1-4H3/b23-22-. The van der Waals surface area contributed by atoms with Crippen LogP contribution in [0.1, 0.15) is 30.5 Å². The summed E-state index contributed by atoms with van der Waals surface area (Å²) in [7, 11) is 3.72. The fourth-order valence-electron chi connectivity index (χ4n) is 5.49. The average molecular weight is 476 g/mol. The zero-order valence-electron chi connectivity index (χ0n) is 20.4. The van der Waals surface area contributed by atoms with E-state index in [1.54, 1.807) is 35.2 Å². The van der Waals surface area contributed by atoms with Crippen molar-refractivity contribution in [2.45, 2.75) is 31.9 Å². The van der Waals surface area contributed by atoms with E-state index in [0.29, 0.717) is 36.3 Å². The smallest absolute Gasteiger partial charge is 0.296 e. The van der Waals surface area contributed by atoms with Crippen molar-refractivity contribution in [3.8, 4) is 5.75 Å². The first kappa shape index (κ1) is 23.1. The second-order valence-electron chi connectivity index (χ2n) is 9.54. The van der Waals surface area contributed by atoms with Crippen LogP contribution in [0, 0.1) is 0 Å². The number of carbonyl (C=O) groups excluding carboxylic acids is 3. The van der Waals surface area contributed by atoms with E-state index in [4.69, 9.17) is 4.74 Å². The summed E-state index contributed by atoms with van der Waals surface area (Å²) in [4.78, 5) is 45.9. The van der Waals surface area contributed by atoms with Gasteiger partial charge in [-0.1, -0.05) is 18.2 Å². The third kappa shape index (κ3) is 3.20. The summed E-state index contributed by atoms with van der Waals surface area (Å²) >= 11 is 0. The van der Waals surface area contributed by atoms with E-state index in [9.17, 15) is 19.5 Å². The van der Waals surface area contributed by atoms with Gasteiger partial charge in [0.05, 0.1) is 11.3 Å². The molecule has 3 heterocycles. The molecule has 182 valence electrons. The quantitative estimate of drug-likeness (QED) is 0.406. The number of ketones is 1. The molecular formula is C27H29N3O5. The van der Waals surface area contributed by atoms with Crippen molar-refractivity contribution in [2.24, 2.45) is 0 Å². The van der Waals surface area contributed by atoms with Gasteiger partial charge in [0, 0.05) is 37.2 Å². The average Bonchev–Trinajstić information content (AvgIpc) is 3.40. The molecule has 8 nitrogen and oxygen atoms in total. The highest BCUT2D eigenvalue weighted by Gasteiger charge is 2.66. The summed E-state index contributed by atoms with van der Waals surface area (Å²) in [6.45, 7) is 4.78. The van der Waals surface area contributed by atoms with Gasteiger partial charge >= 0.3 is 0 Å². The molecule has 0 aromatic heterocycles. The number of carbonyl (C=O) groups is 3. The number of para-hydroxylation sites is 1. The predicted octanol–water partition coefficient (Wildman–Crippen LogP) is 2.51. The maximum absolute atomic E-state index is 14.1. The molecule has 5 rings (SSSR count). The predicted molar refractivity (Wildman–Crippen MR) is 131 cm³/mol. The Labute approximate surface area is 204 Å². The number of likely N-dealkylation sites (tertiary alicyclic amines) is 1. The van der Waals surface area contributed by atoms with E-state index >= 15 is 0 Å². The highest BCUT2D eigenvalue weighted by molar-refractivity contribution is 6.50. The summed E-state index contributed by atoms with van der Waals surface area (Å²) in [5.74, 6) is -1.66. The molecule has 0 aliphatic carbocycles. The van der Waals surface area contributed by atoms with Gasteiger partial charge in [-0.2, -0.15) is 0 Å². The van der Waals surface area contributed by atoms with Crippen LogP contribution in [-0.4, -0.2) is 72.3 Å². The Balaban J connectivity index is 1.77. The number of aliphatic hydroxyl groups is 1. The van der Waals surface area contributed by atoms with Crippen molar-refractivity contribution >= 4 is 29.0 Å². The lowest BCUT2D eigenvalue weighted by molar-refractivity contribution is -0.143. The van der Waals surface area contributed by atoms with Crippen molar-refractivity contribution in [1.29, 1.82) is 0 Å². The van der Waals surface area contributed by atoms with Crippen LogP contribution in [-0.2, 0) is 26.3 Å². The normalized spacial score (nSPS) is 24.5. The molecule has 0 bridgehead atoms. The van der Waals surface area contributed by atoms with Crippen LogP contribution in [0.25, 0.3) is 5.76 Å². The van der Waals surface area contributed by atoms with Crippen LogP contribution in [0.3, 0.4) is 0 Å². The van der Waals surface area contributed by atoms with E-state index in [1.807, 2.05) is 45.0 Å². The van der Waals surface area contributed by atoms with E-state index in [2.05, 4.69) is 0 Å². The number of ether oxygens (including phenoxy) is 1. The van der Waals surface area contributed by atoms with Gasteiger partial charge in [0.15, 0.2) is 5.54 Å². The second-order valence-corrected chi connectivity index (χ2v) is 9.54. The molecule has 1 fully saturated rings. The van der Waals surface area contributed by atoms with Gasteiger partial charge in [0.2, 0.25) is 0 Å². The molecule has 2 amide bonds. The van der Waals surface area contributed by atoms with Crippen LogP contribution in [0.5, 0.6) is 5.75 Å². The Kier molecular flexibility index (Phi) is 5.44. The number of fused-ring (bicyclic) bond motifs is 3. The monoisotopic (exact) mass is 475 g/mol. The topological polar surface area (TPSA) is 90.4 Å². The molecule has 8 heteroatoms. The van der Waals surface area contributed by atoms with Crippen LogP contribution >= 0.6 is 0 Å². The molecule has 1 saturated heterocycles. The van der Waals surface area contributed by atoms with Crippen molar-refractivity contribution in [3.05, 3.63) is 64.7 Å². The number of hydrogen-bond donors (Lipinski definition) is 1. The number of likely N-dealkylation sites (N-methyl/N-ethyl adjacent to an activating group) is 2. The highest BCUT2D eigenvalue weighted by Crippen LogP contribution is 2.53. The molecule has 1 N–H and O–H groups in total. The van der Waals surface area contributed by atoms with Gasteiger partial charge in [-0.25, -0.2) is 0 Å². The Morgan fingerprint density at radius 2 is 1.91 bits per heavy atom. The van der Waals surface area contributed by atoms with E-state index < -0.39 is 23.1 Å². The summed E-state index contributed by atoms with van der Waals surface area (Å²) in [6, 6.07) is 12.4. The fourth-order valence-corrected chi connectivity index (χ4v) is 5.49. The van der Waals surface area contributed by atoms with Crippen LogP contribution < -0.4 is 9.64 Å². The van der Waals surface area contributed by atoms with Gasteiger partial charge in [0.25, 0.3) is 17.6 Å². The third-order valence-corrected chi connectivity index (χ3v) is 7.07. The van der Waals surface area contributed by atoms with Gasteiger partial charge in [-0.05, 0) is 57.8 Å². The number of benzene rings is 2. The number of amides is 2. The number of rotatable bonds is 5. The first-order valence-electron chi connectivity index (χ1n) is 11.9. The van der Waals surface area contributed by atoms with Crippen LogP contribution in [0.2, 0.25) is 0 Å². The third-order valence-electron chi connectivity index (χ3n) is 7.07. The van der Waals surface area contributed by atoms with Gasteiger partial charge in [-0.3, -0.25) is 14.4 Å². The number of aliphatic hydroxyl groups excluding tert-OH is 1. The van der Waals surface area contributed by atoms with Crippen LogP contribution in [0.4, 0.5) is 5.69 Å². The minimum Gasteiger partial charge on any atom is -0.507 e. The number of hydrogen-bond acceptors (Lipinski definition) is 6. The Morgan fingerprint density at radius 1 is 1.17 bits per heavy atom. The second kappa shape index (κ2) is 8.23. The van der Waals surface area contributed by atoms with Crippen LogP contribution in [0.15, 0.2) is 48.0 Å². The van der Waals surface area contributed by atoms with E-state index in [1.165, 1.54) is 4.90 Å². The molecule has 2 aromatic carbocycles. The van der Waals surface area contributed by atoms with E-state index in [-0.39, 0.29) is 24.0 Å². The number of anilines is 1. The van der Waals surface area contributed by atoms with E-state index in [0.717, 1.165) is 11.3 Å². The SMILES string of the molecule is CCN1C(=O)C2(/C(=C(\O)c3ccc4c(c3)CC(C)O4)C(=O)C(=O)N2CCN(C)C)c2ccccc21. The lowest BCUT2D eigenvalue weighted by Crippen LogP contribution is -2.53. The largest absolute Gasteiger partial charge is 0.507 e. The minimum atomic E-state index is -1.72. The Bertz CT molecular complexity index is 1280. The lowest BCUT2D eigenvalue weighted by atomic mass is 9.81. The molecule has 0 radical (unpaired) electrons. The number of nitrogens with zero attached hydrogens (tertiary/aromatic N) is 3. The molecule has 2 atom stereocenters. The summed E-state index contributed by atoms with van der Waals surface area (Å²) < 4.78 is 5.77. The Morgan fingerprint density at radius 3 is 2.63 bits per heavy atom. The van der Waals surface area contributed by atoms with Gasteiger partial charge in [-0.15, -0.1) is 0 Å². The molecule has 3 aliphatic heterocycles. The molecule has 0 saturated carbocycles. The summed E-state index contributed by atoms with van der Waals surface area (Å²) in [6.07, 6.45) is 0.684. The van der Waals surface area contributed by atoms with Gasteiger partial charge < -0.3 is 24.5 Å². The zero-order valence-corrected chi connectivity index (χ0v) is 20.4. The molecule has 35 heavy (non-hydrogen) atoms. The number of Topliss-reactive ketones (excluding diaryl/α,β-unsaturated/α-hetero) is 1. The fraction of sp³-hybridized carbons (Fsp3) is 0.370. The van der Waals surface area contributed by atoms with Gasteiger partial charge in [0.1, 0.15) is 17.6 Å². The molecular weight excluding hydrogens is 446 g/mol. The molecule has 2 unspecified atom stereocenters. The maximum atomic E-state index is 14.1. The zero-order chi connectivity index (χ0) is 25.1. The molecule has 3 aliphatic rings. The highest BCUT2D eigenvalue weighted by atomic mass is 16.5.